The summed E-state index contributed by atoms with van der Waals surface area (Å²) in [4.78, 5) is 8.04. The Hall–Kier alpha value is -1.40. The van der Waals surface area contributed by atoms with Gasteiger partial charge < -0.3 is 15.4 Å². The number of aromatic nitrogens is 1. The number of methoxy groups -OCH3 is 1. The third-order valence-electron chi connectivity index (χ3n) is 3.35. The number of alkyl halides is 3. The number of guanidine groups is 1. The molecule has 2 N–H and O–H groups in total. The molecule has 0 radical (unpaired) electrons. The molecule has 10 heteroatoms. The lowest BCUT2D eigenvalue weighted by atomic mass is 10.1. The van der Waals surface area contributed by atoms with E-state index in [0.29, 0.717) is 30.7 Å². The third kappa shape index (κ3) is 8.01. The highest BCUT2D eigenvalue weighted by Gasteiger charge is 2.33. The molecule has 5 nitrogen and oxygen atoms in total. The second-order valence-electron chi connectivity index (χ2n) is 5.42. The Kier molecular flexibility index (Phi) is 10.0. The van der Waals surface area contributed by atoms with Crippen LogP contribution in [0.25, 0.3) is 0 Å². The standard InChI is InChI=1S/C17H21F3N4OS.HI/c1-3-21-16(22-8-12-4-6-13(7-5-12)10-25-2)23-9-15-24-14(11-26-15)17(18,19)20;/h4-7,11H,3,8-10H2,1-2H3,(H2,21,22,23);1H. The number of ether oxygens (including phenoxy) is 1. The van der Waals surface area contributed by atoms with Gasteiger partial charge in [-0.25, -0.2) is 9.98 Å². The summed E-state index contributed by atoms with van der Waals surface area (Å²) >= 11 is 0.969. The number of hydrogen-bond acceptors (Lipinski definition) is 4. The maximum absolute atomic E-state index is 12.6. The van der Waals surface area contributed by atoms with Gasteiger partial charge in [0.25, 0.3) is 0 Å². The Morgan fingerprint density at radius 3 is 2.41 bits per heavy atom. The third-order valence-corrected chi connectivity index (χ3v) is 4.20. The highest BCUT2D eigenvalue weighted by Crippen LogP contribution is 2.29. The molecule has 0 bridgehead atoms. The highest BCUT2D eigenvalue weighted by atomic mass is 127. The van der Waals surface area contributed by atoms with Gasteiger partial charge in [-0.15, -0.1) is 35.3 Å². The predicted molar refractivity (Wildman–Crippen MR) is 111 cm³/mol. The second kappa shape index (κ2) is 11.4. The fourth-order valence-electron chi connectivity index (χ4n) is 2.10. The molecule has 0 atom stereocenters. The lowest BCUT2D eigenvalue weighted by Gasteiger charge is -2.10. The van der Waals surface area contributed by atoms with Gasteiger partial charge in [0, 0.05) is 19.0 Å². The minimum absolute atomic E-state index is 0. The van der Waals surface area contributed by atoms with E-state index in [1.54, 1.807) is 7.11 Å². The van der Waals surface area contributed by atoms with Gasteiger partial charge in [-0.05, 0) is 18.1 Å². The summed E-state index contributed by atoms with van der Waals surface area (Å²) in [5.74, 6) is 0.525. The highest BCUT2D eigenvalue weighted by molar-refractivity contribution is 14.0. The molecule has 0 saturated carbocycles. The average Bonchev–Trinajstić information content (AvgIpc) is 3.08. The van der Waals surface area contributed by atoms with Gasteiger partial charge in [0.15, 0.2) is 11.7 Å². The van der Waals surface area contributed by atoms with Crippen molar-refractivity contribution in [1.82, 2.24) is 15.6 Å². The summed E-state index contributed by atoms with van der Waals surface area (Å²) in [6.07, 6.45) is -4.41. The zero-order valence-electron chi connectivity index (χ0n) is 15.0. The Morgan fingerprint density at radius 2 is 1.85 bits per heavy atom. The predicted octanol–water partition coefficient (Wildman–Crippen LogP) is 4.18. The van der Waals surface area contributed by atoms with Crippen LogP contribution in [0, 0.1) is 0 Å². The number of nitrogens with one attached hydrogen (secondary N) is 2. The first-order valence-corrected chi connectivity index (χ1v) is 8.91. The molecule has 1 heterocycles. The number of benzene rings is 1. The molecule has 1 aromatic carbocycles. The molecular weight excluding hydrogens is 492 g/mol. The molecule has 2 aromatic rings. The van der Waals surface area contributed by atoms with Crippen LogP contribution < -0.4 is 10.6 Å². The number of hydrogen-bond donors (Lipinski definition) is 2. The van der Waals surface area contributed by atoms with Gasteiger partial charge in [-0.3, -0.25) is 0 Å². The molecule has 0 unspecified atom stereocenters. The Balaban J connectivity index is 0.00000364. The molecule has 2 rings (SSSR count). The largest absolute Gasteiger partial charge is 0.434 e. The molecular formula is C17H22F3IN4OS. The molecule has 1 aromatic heterocycles. The molecule has 0 aliphatic rings. The van der Waals surface area contributed by atoms with Crippen molar-refractivity contribution in [3.8, 4) is 0 Å². The van der Waals surface area contributed by atoms with Gasteiger partial charge in [0.1, 0.15) is 5.01 Å². The van der Waals surface area contributed by atoms with Gasteiger partial charge in [0.2, 0.25) is 0 Å². The Bertz CT molecular complexity index is 720. The van der Waals surface area contributed by atoms with Gasteiger partial charge in [-0.1, -0.05) is 24.3 Å². The van der Waals surface area contributed by atoms with E-state index in [1.807, 2.05) is 31.2 Å². The van der Waals surface area contributed by atoms with Crippen molar-refractivity contribution in [3.63, 3.8) is 0 Å². The van der Waals surface area contributed by atoms with E-state index in [1.165, 1.54) is 0 Å². The topological polar surface area (TPSA) is 58.5 Å². The van der Waals surface area contributed by atoms with E-state index in [2.05, 4.69) is 20.6 Å². The molecule has 0 fully saturated rings. The van der Waals surface area contributed by atoms with Crippen LogP contribution >= 0.6 is 35.3 Å². The van der Waals surface area contributed by atoms with Crippen LogP contribution in [-0.2, 0) is 30.6 Å². The number of thiazole rings is 1. The van der Waals surface area contributed by atoms with Crippen LogP contribution in [0.2, 0.25) is 0 Å². The fourth-order valence-corrected chi connectivity index (χ4v) is 2.84. The van der Waals surface area contributed by atoms with E-state index < -0.39 is 11.9 Å². The first-order valence-electron chi connectivity index (χ1n) is 8.03. The number of halogens is 4. The molecule has 0 aliphatic heterocycles. The first-order chi connectivity index (χ1) is 12.4. The summed E-state index contributed by atoms with van der Waals surface area (Å²) in [7, 11) is 1.65. The summed E-state index contributed by atoms with van der Waals surface area (Å²) in [6, 6.07) is 7.89. The minimum atomic E-state index is -4.41. The summed E-state index contributed by atoms with van der Waals surface area (Å²) in [5.41, 5.74) is 1.24. The second-order valence-corrected chi connectivity index (χ2v) is 6.37. The average molecular weight is 514 g/mol. The van der Waals surface area contributed by atoms with E-state index >= 15 is 0 Å². The molecule has 0 aliphatic carbocycles. The maximum Gasteiger partial charge on any atom is 0.434 e. The first kappa shape index (κ1) is 23.6. The van der Waals surface area contributed by atoms with E-state index in [4.69, 9.17) is 4.74 Å². The lowest BCUT2D eigenvalue weighted by molar-refractivity contribution is -0.140. The van der Waals surface area contributed by atoms with Crippen LogP contribution in [0.1, 0.15) is 28.8 Å². The Morgan fingerprint density at radius 1 is 1.19 bits per heavy atom. The van der Waals surface area contributed by atoms with Crippen molar-refractivity contribution in [2.24, 2.45) is 4.99 Å². The zero-order valence-corrected chi connectivity index (χ0v) is 18.1. The number of aliphatic imine (C=N–C) groups is 1. The molecule has 27 heavy (non-hydrogen) atoms. The molecule has 150 valence electrons. The molecule has 0 spiro atoms. The fraction of sp³-hybridized carbons (Fsp3) is 0.412. The van der Waals surface area contributed by atoms with Crippen LogP contribution in [0.15, 0.2) is 34.6 Å². The molecule has 0 saturated heterocycles. The summed E-state index contributed by atoms with van der Waals surface area (Å²) in [6.45, 7) is 3.75. The monoisotopic (exact) mass is 514 g/mol. The number of nitrogens with zero attached hydrogens (tertiary/aromatic N) is 2. The van der Waals surface area contributed by atoms with Gasteiger partial charge >= 0.3 is 6.18 Å². The Labute approximate surface area is 177 Å². The summed E-state index contributed by atoms with van der Waals surface area (Å²) < 4.78 is 42.8. The molecule has 0 amide bonds. The minimum Gasteiger partial charge on any atom is -0.380 e. The van der Waals surface area contributed by atoms with Crippen molar-refractivity contribution in [2.75, 3.05) is 13.7 Å². The van der Waals surface area contributed by atoms with Gasteiger partial charge in [-0.2, -0.15) is 13.2 Å². The quantitative estimate of drug-likeness (QED) is 0.331. The van der Waals surface area contributed by atoms with E-state index in [9.17, 15) is 13.2 Å². The van der Waals surface area contributed by atoms with Crippen molar-refractivity contribution in [2.45, 2.75) is 32.8 Å². The van der Waals surface area contributed by atoms with Crippen molar-refractivity contribution in [1.29, 1.82) is 0 Å². The lowest BCUT2D eigenvalue weighted by Crippen LogP contribution is -2.36. The maximum atomic E-state index is 12.6. The number of rotatable bonds is 7. The van der Waals surface area contributed by atoms with Crippen LogP contribution in [0.4, 0.5) is 13.2 Å². The summed E-state index contributed by atoms with van der Waals surface area (Å²) in [5, 5.41) is 7.44. The van der Waals surface area contributed by atoms with Crippen molar-refractivity contribution in [3.05, 3.63) is 51.5 Å². The SMILES string of the molecule is CCNC(=NCc1ccc(COC)cc1)NCc1nc(C(F)(F)F)cs1.I. The van der Waals surface area contributed by atoms with Crippen molar-refractivity contribution < 1.29 is 17.9 Å². The van der Waals surface area contributed by atoms with Gasteiger partial charge in [0.05, 0.1) is 19.7 Å². The van der Waals surface area contributed by atoms with E-state index in [-0.39, 0.29) is 30.5 Å². The van der Waals surface area contributed by atoms with Crippen LogP contribution in [0.5, 0.6) is 0 Å². The normalized spacial score (nSPS) is 11.8. The van der Waals surface area contributed by atoms with Crippen LogP contribution in [-0.4, -0.2) is 24.6 Å². The van der Waals surface area contributed by atoms with Crippen molar-refractivity contribution >= 4 is 41.3 Å². The van der Waals surface area contributed by atoms with Crippen LogP contribution in [0.3, 0.4) is 0 Å². The zero-order chi connectivity index (χ0) is 19.0. The van der Waals surface area contributed by atoms with E-state index in [0.717, 1.165) is 27.8 Å². The smallest absolute Gasteiger partial charge is 0.380 e.